The van der Waals surface area contributed by atoms with E-state index in [2.05, 4.69) is 26.2 Å². The zero-order chi connectivity index (χ0) is 19.7. The second-order valence-electron chi connectivity index (χ2n) is 6.83. The fourth-order valence-electron chi connectivity index (χ4n) is 3.36. The van der Waals surface area contributed by atoms with Gasteiger partial charge in [-0.1, -0.05) is 17.9 Å². The Morgan fingerprint density at radius 1 is 1.29 bits per heavy atom. The molecule has 8 heteroatoms. The summed E-state index contributed by atoms with van der Waals surface area (Å²) in [6.45, 7) is 1.85. The standard InChI is InChI=1S/C20H16BClFN5/c1-12-10-25-7-5-17(12)26-19-14-4-6-21(11-24)9-18(14)27-20(28-19)15-8-13(22)2-3-16(15)23/h2-3,5,7-8,10H,4,6,9H2,1H3,(H,25,26,27,28). The van der Waals surface area contributed by atoms with Gasteiger partial charge in [-0.3, -0.25) is 4.98 Å². The van der Waals surface area contributed by atoms with E-state index in [9.17, 15) is 9.65 Å². The van der Waals surface area contributed by atoms with Gasteiger partial charge in [0, 0.05) is 40.3 Å². The van der Waals surface area contributed by atoms with E-state index in [1.165, 1.54) is 18.2 Å². The van der Waals surface area contributed by atoms with Crippen molar-refractivity contribution in [3.05, 3.63) is 64.3 Å². The van der Waals surface area contributed by atoms with Gasteiger partial charge in [0.05, 0.1) is 5.56 Å². The number of nitrogens with one attached hydrogen (secondary N) is 1. The summed E-state index contributed by atoms with van der Waals surface area (Å²) < 4.78 is 14.4. The number of hydrogen-bond donors (Lipinski definition) is 1. The average Bonchev–Trinajstić information content (AvgIpc) is 2.70. The first-order chi connectivity index (χ1) is 13.5. The van der Waals surface area contributed by atoms with Crippen molar-refractivity contribution in [3.63, 3.8) is 0 Å². The summed E-state index contributed by atoms with van der Waals surface area (Å²) >= 11 is 6.06. The quantitative estimate of drug-likeness (QED) is 0.662. The third-order valence-electron chi connectivity index (χ3n) is 4.90. The van der Waals surface area contributed by atoms with Gasteiger partial charge in [-0.05, 0) is 49.5 Å². The van der Waals surface area contributed by atoms with Crippen molar-refractivity contribution in [2.45, 2.75) is 26.0 Å². The molecule has 0 atom stereocenters. The predicted octanol–water partition coefficient (Wildman–Crippen LogP) is 4.58. The van der Waals surface area contributed by atoms with Gasteiger partial charge in [-0.15, -0.1) is 0 Å². The minimum atomic E-state index is -0.442. The van der Waals surface area contributed by atoms with Crippen molar-refractivity contribution >= 4 is 29.8 Å². The highest BCUT2D eigenvalue weighted by molar-refractivity contribution is 6.66. The number of aryl methyl sites for hydroxylation is 1. The highest BCUT2D eigenvalue weighted by atomic mass is 35.5. The van der Waals surface area contributed by atoms with Crippen LogP contribution in [0.2, 0.25) is 11.3 Å². The van der Waals surface area contributed by atoms with Gasteiger partial charge in [0.1, 0.15) is 11.6 Å². The number of benzene rings is 1. The molecule has 3 aromatic rings. The van der Waals surface area contributed by atoms with E-state index in [1.54, 1.807) is 12.4 Å². The summed E-state index contributed by atoms with van der Waals surface area (Å²) in [7, 11) is 0. The van der Waals surface area contributed by atoms with Gasteiger partial charge in [-0.2, -0.15) is 0 Å². The Labute approximate surface area is 167 Å². The highest BCUT2D eigenvalue weighted by Crippen LogP contribution is 2.32. The van der Waals surface area contributed by atoms with Crippen LogP contribution < -0.4 is 5.32 Å². The zero-order valence-electron chi connectivity index (χ0n) is 15.2. The summed E-state index contributed by atoms with van der Waals surface area (Å²) in [4.78, 5) is 13.3. The molecule has 5 nitrogen and oxygen atoms in total. The van der Waals surface area contributed by atoms with Crippen LogP contribution in [0.15, 0.2) is 36.7 Å². The summed E-state index contributed by atoms with van der Waals surface area (Å²) in [5.41, 5.74) is 3.82. The SMILES string of the molecule is Cc1cnccc1Nc1nc(-c2cc(Cl)ccc2F)nc2c1CCB(C#N)C2. The average molecular weight is 392 g/mol. The largest absolute Gasteiger partial charge is 0.340 e. The molecule has 0 radical (unpaired) electrons. The summed E-state index contributed by atoms with van der Waals surface area (Å²) in [5, 5.41) is 13.1. The van der Waals surface area contributed by atoms with Crippen LogP contribution in [0.4, 0.5) is 15.9 Å². The fraction of sp³-hybridized carbons (Fsp3) is 0.200. The molecule has 0 amide bonds. The fourth-order valence-corrected chi connectivity index (χ4v) is 3.53. The molecule has 28 heavy (non-hydrogen) atoms. The van der Waals surface area contributed by atoms with Crippen LogP contribution in [0, 0.1) is 24.0 Å². The molecular weight excluding hydrogens is 376 g/mol. The first-order valence-electron chi connectivity index (χ1n) is 8.97. The van der Waals surface area contributed by atoms with Crippen molar-refractivity contribution in [2.75, 3.05) is 5.32 Å². The maximum absolute atomic E-state index is 14.4. The molecule has 1 aliphatic heterocycles. The molecule has 1 N–H and O–H groups in total. The highest BCUT2D eigenvalue weighted by Gasteiger charge is 2.27. The van der Waals surface area contributed by atoms with E-state index >= 15 is 0 Å². The molecule has 4 rings (SSSR count). The lowest BCUT2D eigenvalue weighted by molar-refractivity contribution is 0.630. The molecule has 1 aliphatic rings. The third kappa shape index (κ3) is 3.56. The number of fused-ring (bicyclic) bond motifs is 1. The first kappa shape index (κ1) is 18.4. The van der Waals surface area contributed by atoms with E-state index in [0.29, 0.717) is 23.6 Å². The van der Waals surface area contributed by atoms with Crippen LogP contribution >= 0.6 is 11.6 Å². The predicted molar refractivity (Wildman–Crippen MR) is 108 cm³/mol. The molecule has 0 unspecified atom stereocenters. The molecule has 138 valence electrons. The van der Waals surface area contributed by atoms with Gasteiger partial charge in [0.15, 0.2) is 5.82 Å². The van der Waals surface area contributed by atoms with Crippen molar-refractivity contribution in [1.29, 1.82) is 5.26 Å². The lowest BCUT2D eigenvalue weighted by atomic mass is 9.43. The Balaban J connectivity index is 1.86. The molecule has 0 fully saturated rings. The Morgan fingerprint density at radius 3 is 2.93 bits per heavy atom. The molecule has 2 aromatic heterocycles. The second kappa shape index (κ2) is 7.57. The Morgan fingerprint density at radius 2 is 2.14 bits per heavy atom. The summed E-state index contributed by atoms with van der Waals surface area (Å²) in [6, 6.07) is 6.18. The number of anilines is 2. The molecular formula is C20H16BClFN5. The maximum atomic E-state index is 14.4. The lowest BCUT2D eigenvalue weighted by Gasteiger charge is -2.22. The van der Waals surface area contributed by atoms with E-state index in [-0.39, 0.29) is 18.1 Å². The summed E-state index contributed by atoms with van der Waals surface area (Å²) in [5.74, 6) is 2.76. The smallest absolute Gasteiger partial charge is 0.274 e. The molecule has 1 aromatic carbocycles. The summed E-state index contributed by atoms with van der Waals surface area (Å²) in [6.07, 6.45) is 5.43. The molecule has 0 aliphatic carbocycles. The minimum absolute atomic E-state index is 0.102. The van der Waals surface area contributed by atoms with Crippen molar-refractivity contribution in [1.82, 2.24) is 15.0 Å². The number of aromatic nitrogens is 3. The second-order valence-corrected chi connectivity index (χ2v) is 7.27. The Kier molecular flexibility index (Phi) is 4.97. The number of pyridine rings is 1. The number of hydrogen-bond acceptors (Lipinski definition) is 5. The first-order valence-corrected chi connectivity index (χ1v) is 9.35. The van der Waals surface area contributed by atoms with Crippen molar-refractivity contribution in [3.8, 4) is 17.4 Å². The Bertz CT molecular complexity index is 1100. The van der Waals surface area contributed by atoms with E-state index in [1.807, 2.05) is 13.0 Å². The van der Waals surface area contributed by atoms with Gasteiger partial charge in [-0.25, -0.2) is 19.6 Å². The lowest BCUT2D eigenvalue weighted by Crippen LogP contribution is -2.24. The number of nitriles is 1. The minimum Gasteiger partial charge on any atom is -0.340 e. The number of rotatable bonds is 3. The van der Waals surface area contributed by atoms with Crippen LogP contribution in [0.3, 0.4) is 0 Å². The van der Waals surface area contributed by atoms with Gasteiger partial charge in [0.2, 0.25) is 0 Å². The van der Waals surface area contributed by atoms with Crippen LogP contribution in [-0.4, -0.2) is 21.7 Å². The van der Waals surface area contributed by atoms with Gasteiger partial charge >= 0.3 is 0 Å². The van der Waals surface area contributed by atoms with E-state index in [4.69, 9.17) is 11.6 Å². The van der Waals surface area contributed by atoms with Gasteiger partial charge in [0.25, 0.3) is 6.71 Å². The van der Waals surface area contributed by atoms with Crippen molar-refractivity contribution in [2.24, 2.45) is 0 Å². The number of nitrogens with zero attached hydrogens (tertiary/aromatic N) is 4. The Hall–Kier alpha value is -2.98. The topological polar surface area (TPSA) is 74.5 Å². The third-order valence-corrected chi connectivity index (χ3v) is 5.14. The van der Waals surface area contributed by atoms with Gasteiger partial charge < -0.3 is 5.32 Å². The normalized spacial score (nSPS) is 13.0. The monoisotopic (exact) mass is 391 g/mol. The van der Waals surface area contributed by atoms with E-state index in [0.717, 1.165) is 28.8 Å². The zero-order valence-corrected chi connectivity index (χ0v) is 16.0. The van der Waals surface area contributed by atoms with Crippen molar-refractivity contribution < 1.29 is 4.39 Å². The van der Waals surface area contributed by atoms with Crippen LogP contribution in [0.5, 0.6) is 0 Å². The van der Waals surface area contributed by atoms with E-state index < -0.39 is 5.82 Å². The molecule has 0 saturated heterocycles. The molecule has 3 heterocycles. The molecule has 0 bridgehead atoms. The molecule has 0 saturated carbocycles. The van der Waals surface area contributed by atoms with Crippen LogP contribution in [0.25, 0.3) is 11.4 Å². The maximum Gasteiger partial charge on any atom is 0.274 e. The number of halogens is 2. The molecule has 0 spiro atoms. The van der Waals surface area contributed by atoms with Crippen LogP contribution in [0.1, 0.15) is 16.8 Å². The van der Waals surface area contributed by atoms with Crippen LogP contribution in [-0.2, 0) is 12.7 Å².